The van der Waals surface area contributed by atoms with Crippen molar-refractivity contribution < 1.29 is 8.42 Å². The van der Waals surface area contributed by atoms with Crippen molar-refractivity contribution in [3.05, 3.63) is 24.5 Å². The number of aromatic nitrogens is 5. The quantitative estimate of drug-likeness (QED) is 0.784. The van der Waals surface area contributed by atoms with Gasteiger partial charge in [0.05, 0.1) is 12.7 Å². The van der Waals surface area contributed by atoms with Crippen LogP contribution in [0.5, 0.6) is 0 Å². The van der Waals surface area contributed by atoms with Crippen molar-refractivity contribution in [3.63, 3.8) is 0 Å². The molecule has 0 spiro atoms. The summed E-state index contributed by atoms with van der Waals surface area (Å²) in [7, 11) is -0.393. The number of hydrogen-bond donors (Lipinski definition) is 1. The number of nitrogens with one attached hydrogen (secondary N) is 1. The van der Waals surface area contributed by atoms with Gasteiger partial charge >= 0.3 is 0 Å². The van der Waals surface area contributed by atoms with Crippen LogP contribution in [0.1, 0.15) is 5.82 Å². The molecule has 92 valence electrons. The smallest absolute Gasteiger partial charge is 0.246 e. The van der Waals surface area contributed by atoms with Gasteiger partial charge < -0.3 is 0 Å². The maximum atomic E-state index is 12.1. The Morgan fingerprint density at radius 1 is 1.53 bits per heavy atom. The monoisotopic (exact) mass is 256 g/mol. The molecule has 0 bridgehead atoms. The summed E-state index contributed by atoms with van der Waals surface area (Å²) in [5.74, 6) is 0.486. The maximum Gasteiger partial charge on any atom is 0.246 e. The third-order valence-corrected chi connectivity index (χ3v) is 3.98. The highest BCUT2D eigenvalue weighted by molar-refractivity contribution is 7.89. The Labute approximate surface area is 98.3 Å². The third-order valence-electron chi connectivity index (χ3n) is 2.23. The molecule has 2 heterocycles. The molecule has 8 nitrogen and oxygen atoms in total. The molecule has 0 radical (unpaired) electrons. The molecule has 2 rings (SSSR count). The van der Waals surface area contributed by atoms with E-state index >= 15 is 0 Å². The van der Waals surface area contributed by atoms with Gasteiger partial charge in [0.25, 0.3) is 0 Å². The van der Waals surface area contributed by atoms with E-state index in [1.807, 2.05) is 0 Å². The van der Waals surface area contributed by atoms with Crippen molar-refractivity contribution in [1.29, 1.82) is 0 Å². The molecule has 9 heteroatoms. The molecule has 2 aromatic rings. The van der Waals surface area contributed by atoms with Crippen molar-refractivity contribution in [3.8, 4) is 0 Å². The summed E-state index contributed by atoms with van der Waals surface area (Å²) >= 11 is 0. The van der Waals surface area contributed by atoms with Crippen molar-refractivity contribution in [2.45, 2.75) is 11.4 Å². The van der Waals surface area contributed by atoms with Crippen molar-refractivity contribution in [2.75, 3.05) is 7.05 Å². The summed E-state index contributed by atoms with van der Waals surface area (Å²) in [4.78, 5) is 4.03. The van der Waals surface area contributed by atoms with E-state index in [1.54, 1.807) is 7.05 Å². The Morgan fingerprint density at radius 2 is 2.29 bits per heavy atom. The third kappa shape index (κ3) is 2.34. The summed E-state index contributed by atoms with van der Waals surface area (Å²) in [5, 5.41) is 10.1. The zero-order valence-corrected chi connectivity index (χ0v) is 10.2. The molecule has 0 unspecified atom stereocenters. The molecule has 17 heavy (non-hydrogen) atoms. The van der Waals surface area contributed by atoms with Crippen LogP contribution in [0.4, 0.5) is 0 Å². The molecular weight excluding hydrogens is 244 g/mol. The molecule has 0 aliphatic carbocycles. The predicted molar refractivity (Wildman–Crippen MR) is 58.2 cm³/mol. The summed E-state index contributed by atoms with van der Waals surface area (Å²) in [6.45, 7) is 0.136. The largest absolute Gasteiger partial charge is 0.274 e. The van der Waals surface area contributed by atoms with E-state index in [9.17, 15) is 8.42 Å². The van der Waals surface area contributed by atoms with Gasteiger partial charge in [0.15, 0.2) is 0 Å². The van der Waals surface area contributed by atoms with Crippen LogP contribution in [0.2, 0.25) is 0 Å². The normalized spacial score (nSPS) is 12.2. The summed E-state index contributed by atoms with van der Waals surface area (Å²) < 4.78 is 26.8. The van der Waals surface area contributed by atoms with Crippen LogP contribution in [-0.4, -0.2) is 44.7 Å². The topological polar surface area (TPSA) is 96.8 Å². The van der Waals surface area contributed by atoms with E-state index in [1.165, 1.54) is 34.8 Å². The highest BCUT2D eigenvalue weighted by atomic mass is 32.2. The molecule has 0 atom stereocenters. The molecule has 0 saturated carbocycles. The first-order valence-electron chi connectivity index (χ1n) is 4.79. The lowest BCUT2D eigenvalue weighted by Crippen LogP contribution is -2.26. The lowest BCUT2D eigenvalue weighted by molar-refractivity contribution is 0.457. The maximum absolute atomic E-state index is 12.1. The van der Waals surface area contributed by atoms with E-state index in [4.69, 9.17) is 0 Å². The fourth-order valence-electron chi connectivity index (χ4n) is 1.31. The van der Waals surface area contributed by atoms with Gasteiger partial charge in [0.1, 0.15) is 17.0 Å². The van der Waals surface area contributed by atoms with Crippen molar-refractivity contribution >= 4 is 10.0 Å². The Bertz CT molecular complexity index is 587. The van der Waals surface area contributed by atoms with Crippen LogP contribution in [0.25, 0.3) is 0 Å². The summed E-state index contributed by atoms with van der Waals surface area (Å²) in [6, 6.07) is 0. The fourth-order valence-corrected chi connectivity index (χ4v) is 2.43. The SMILES string of the molecule is CN(Cc1ncn[nH]1)S(=O)(=O)c1cnn(C)c1. The van der Waals surface area contributed by atoms with Crippen LogP contribution in [-0.2, 0) is 23.6 Å². The van der Waals surface area contributed by atoms with Crippen molar-refractivity contribution in [1.82, 2.24) is 29.3 Å². The number of sulfonamides is 1. The minimum atomic E-state index is -3.53. The van der Waals surface area contributed by atoms with Gasteiger partial charge in [0, 0.05) is 20.3 Å². The lowest BCUT2D eigenvalue weighted by atomic mass is 10.6. The van der Waals surface area contributed by atoms with Crippen LogP contribution in [0, 0.1) is 0 Å². The Kier molecular flexibility index (Phi) is 2.94. The van der Waals surface area contributed by atoms with E-state index in [0.717, 1.165) is 0 Å². The van der Waals surface area contributed by atoms with Gasteiger partial charge in [0.2, 0.25) is 10.0 Å². The Morgan fingerprint density at radius 3 is 2.82 bits per heavy atom. The molecule has 0 fully saturated rings. The minimum Gasteiger partial charge on any atom is -0.274 e. The van der Waals surface area contributed by atoms with E-state index in [0.29, 0.717) is 5.82 Å². The first kappa shape index (κ1) is 11.7. The highest BCUT2D eigenvalue weighted by Crippen LogP contribution is 2.13. The van der Waals surface area contributed by atoms with Crippen LogP contribution in [0.15, 0.2) is 23.6 Å². The zero-order chi connectivity index (χ0) is 12.5. The molecular formula is C8H12N6O2S. The first-order valence-corrected chi connectivity index (χ1v) is 6.23. The number of aromatic amines is 1. The summed E-state index contributed by atoms with van der Waals surface area (Å²) in [5.41, 5.74) is 0. The number of nitrogens with zero attached hydrogens (tertiary/aromatic N) is 5. The molecule has 0 aliphatic rings. The van der Waals surface area contributed by atoms with Gasteiger partial charge in [-0.15, -0.1) is 0 Å². The number of H-pyrrole nitrogens is 1. The van der Waals surface area contributed by atoms with Gasteiger partial charge in [-0.2, -0.15) is 14.5 Å². The molecule has 0 saturated heterocycles. The zero-order valence-electron chi connectivity index (χ0n) is 9.40. The second-order valence-corrected chi connectivity index (χ2v) is 5.59. The standard InChI is InChI=1S/C8H12N6O2S/c1-13-4-7(3-11-13)17(15,16)14(2)5-8-9-6-10-12-8/h3-4,6H,5H2,1-2H3,(H,9,10,12). The molecule has 1 N–H and O–H groups in total. The van der Waals surface area contributed by atoms with Crippen molar-refractivity contribution in [2.24, 2.45) is 7.05 Å². The molecule has 2 aromatic heterocycles. The fraction of sp³-hybridized carbons (Fsp3) is 0.375. The molecule has 0 aromatic carbocycles. The number of rotatable bonds is 4. The first-order chi connectivity index (χ1) is 8.00. The second-order valence-electron chi connectivity index (χ2n) is 3.54. The second kappa shape index (κ2) is 4.26. The highest BCUT2D eigenvalue weighted by Gasteiger charge is 2.23. The van der Waals surface area contributed by atoms with E-state index in [-0.39, 0.29) is 11.4 Å². The number of hydrogen-bond acceptors (Lipinski definition) is 5. The minimum absolute atomic E-state index is 0.136. The van der Waals surface area contributed by atoms with E-state index < -0.39 is 10.0 Å². The van der Waals surface area contributed by atoms with E-state index in [2.05, 4.69) is 20.3 Å². The lowest BCUT2D eigenvalue weighted by Gasteiger charge is -2.13. The summed E-state index contributed by atoms with van der Waals surface area (Å²) in [6.07, 6.45) is 4.10. The average Bonchev–Trinajstić information content (AvgIpc) is 2.89. The van der Waals surface area contributed by atoms with Gasteiger partial charge in [-0.3, -0.25) is 9.78 Å². The Balaban J connectivity index is 2.21. The Hall–Kier alpha value is -1.74. The molecule has 0 aliphatic heterocycles. The van der Waals surface area contributed by atoms with Crippen LogP contribution in [0.3, 0.4) is 0 Å². The van der Waals surface area contributed by atoms with Crippen LogP contribution >= 0.6 is 0 Å². The van der Waals surface area contributed by atoms with Gasteiger partial charge in [-0.1, -0.05) is 0 Å². The molecule has 0 amide bonds. The van der Waals surface area contributed by atoms with Gasteiger partial charge in [-0.05, 0) is 0 Å². The average molecular weight is 256 g/mol. The number of aryl methyl sites for hydroxylation is 1. The predicted octanol–water partition coefficient (Wildman–Crippen LogP) is -0.641. The van der Waals surface area contributed by atoms with Crippen LogP contribution < -0.4 is 0 Å². The van der Waals surface area contributed by atoms with Gasteiger partial charge in [-0.25, -0.2) is 13.4 Å².